The Morgan fingerprint density at radius 1 is 1.21 bits per heavy atom. The highest BCUT2D eigenvalue weighted by Gasteiger charge is 2.30. The van der Waals surface area contributed by atoms with Crippen LogP contribution in [0.2, 0.25) is 0 Å². The molecule has 1 fully saturated rings. The summed E-state index contributed by atoms with van der Waals surface area (Å²) in [5, 5.41) is 8.29. The van der Waals surface area contributed by atoms with Crippen molar-refractivity contribution >= 4 is 5.91 Å². The third kappa shape index (κ3) is 3.59. The van der Waals surface area contributed by atoms with Gasteiger partial charge in [-0.15, -0.1) is 0 Å². The first kappa shape index (κ1) is 18.5. The average Bonchev–Trinajstić information content (AvgIpc) is 3.36. The molecule has 3 aliphatic rings. The van der Waals surface area contributed by atoms with Crippen LogP contribution in [0.1, 0.15) is 53.0 Å². The Balaban J connectivity index is 1.28. The standard InChI is InChI=1S/C22H28N4O3/c1-25-18-7-6-16(23-13-15-5-8-19-20(11-15)29-14-28-19)12-17(18)21(24-25)22(27)26-9-3-2-4-10-26/h5,8,11,16,23H,2-4,6-7,9-10,12-14H2,1H3. The van der Waals surface area contributed by atoms with Gasteiger partial charge in [0.05, 0.1) is 0 Å². The number of amides is 1. The van der Waals surface area contributed by atoms with Crippen molar-refractivity contribution in [3.63, 3.8) is 0 Å². The van der Waals surface area contributed by atoms with E-state index in [1.807, 2.05) is 28.8 Å². The van der Waals surface area contributed by atoms with Crippen molar-refractivity contribution in [3.8, 4) is 11.5 Å². The van der Waals surface area contributed by atoms with Crippen LogP contribution in [-0.2, 0) is 26.4 Å². The number of carbonyl (C=O) groups is 1. The van der Waals surface area contributed by atoms with E-state index in [0.29, 0.717) is 18.5 Å². The number of piperidine rings is 1. The summed E-state index contributed by atoms with van der Waals surface area (Å²) in [6, 6.07) is 6.42. The van der Waals surface area contributed by atoms with Crippen LogP contribution in [0, 0.1) is 0 Å². The Kier molecular flexibility index (Phi) is 4.91. The number of nitrogens with zero attached hydrogens (tertiary/aromatic N) is 3. The van der Waals surface area contributed by atoms with Gasteiger partial charge in [-0.3, -0.25) is 9.48 Å². The molecule has 1 aromatic heterocycles. The summed E-state index contributed by atoms with van der Waals surface area (Å²) in [6.45, 7) is 2.78. The van der Waals surface area contributed by atoms with E-state index in [0.717, 1.165) is 68.8 Å². The van der Waals surface area contributed by atoms with Gasteiger partial charge in [0, 0.05) is 44.0 Å². The van der Waals surface area contributed by atoms with Gasteiger partial charge in [0.15, 0.2) is 17.2 Å². The molecule has 1 aromatic carbocycles. The van der Waals surface area contributed by atoms with Crippen LogP contribution >= 0.6 is 0 Å². The van der Waals surface area contributed by atoms with Crippen molar-refractivity contribution in [1.82, 2.24) is 20.0 Å². The van der Waals surface area contributed by atoms with Crippen molar-refractivity contribution in [1.29, 1.82) is 0 Å². The summed E-state index contributed by atoms with van der Waals surface area (Å²) in [5.41, 5.74) is 4.19. The van der Waals surface area contributed by atoms with E-state index in [-0.39, 0.29) is 5.91 Å². The molecule has 154 valence electrons. The van der Waals surface area contributed by atoms with E-state index in [2.05, 4.69) is 16.5 Å². The van der Waals surface area contributed by atoms with Crippen molar-refractivity contribution in [2.45, 2.75) is 51.1 Å². The van der Waals surface area contributed by atoms with E-state index in [1.54, 1.807) is 0 Å². The number of ether oxygens (including phenoxy) is 2. The van der Waals surface area contributed by atoms with Crippen molar-refractivity contribution in [3.05, 3.63) is 40.7 Å². The van der Waals surface area contributed by atoms with E-state index in [9.17, 15) is 4.79 Å². The van der Waals surface area contributed by atoms with Gasteiger partial charge in [-0.25, -0.2) is 0 Å². The molecule has 1 unspecified atom stereocenters. The van der Waals surface area contributed by atoms with Gasteiger partial charge in [0.25, 0.3) is 5.91 Å². The number of nitrogens with one attached hydrogen (secondary N) is 1. The molecule has 0 radical (unpaired) electrons. The molecular formula is C22H28N4O3. The van der Waals surface area contributed by atoms with E-state index >= 15 is 0 Å². The van der Waals surface area contributed by atoms with Crippen LogP contribution in [0.3, 0.4) is 0 Å². The SMILES string of the molecule is Cn1nc(C(=O)N2CCCCC2)c2c1CCC(NCc1ccc3c(c1)OCO3)C2. The molecular weight excluding hydrogens is 368 g/mol. The van der Waals surface area contributed by atoms with Crippen molar-refractivity contribution in [2.75, 3.05) is 19.9 Å². The molecule has 0 bridgehead atoms. The maximum Gasteiger partial charge on any atom is 0.274 e. The minimum atomic E-state index is 0.109. The zero-order chi connectivity index (χ0) is 19.8. The minimum Gasteiger partial charge on any atom is -0.454 e. The second-order valence-corrected chi connectivity index (χ2v) is 8.26. The molecule has 1 saturated heterocycles. The molecule has 7 heteroatoms. The highest BCUT2D eigenvalue weighted by Crippen LogP contribution is 2.32. The summed E-state index contributed by atoms with van der Waals surface area (Å²) < 4.78 is 12.8. The summed E-state index contributed by atoms with van der Waals surface area (Å²) in [7, 11) is 1.96. The summed E-state index contributed by atoms with van der Waals surface area (Å²) >= 11 is 0. The Bertz CT molecular complexity index is 917. The van der Waals surface area contributed by atoms with Crippen LogP contribution < -0.4 is 14.8 Å². The summed E-state index contributed by atoms with van der Waals surface area (Å²) in [5.74, 6) is 1.74. The van der Waals surface area contributed by atoms with Gasteiger partial charge in [-0.2, -0.15) is 5.10 Å². The summed E-state index contributed by atoms with van der Waals surface area (Å²) in [6.07, 6.45) is 6.26. The zero-order valence-corrected chi connectivity index (χ0v) is 16.9. The lowest BCUT2D eigenvalue weighted by atomic mass is 9.90. The number of hydrogen-bond acceptors (Lipinski definition) is 5. The molecule has 5 rings (SSSR count). The molecule has 29 heavy (non-hydrogen) atoms. The Labute approximate surface area is 171 Å². The fourth-order valence-electron chi connectivity index (χ4n) is 4.70. The van der Waals surface area contributed by atoms with E-state index in [4.69, 9.17) is 9.47 Å². The number of fused-ring (bicyclic) bond motifs is 2. The van der Waals surface area contributed by atoms with Crippen molar-refractivity contribution in [2.24, 2.45) is 7.05 Å². The first-order chi connectivity index (χ1) is 14.2. The van der Waals surface area contributed by atoms with Gasteiger partial charge in [0.2, 0.25) is 6.79 Å². The number of hydrogen-bond donors (Lipinski definition) is 1. The molecule has 1 amide bonds. The van der Waals surface area contributed by atoms with Crippen LogP contribution in [0.4, 0.5) is 0 Å². The number of carbonyl (C=O) groups excluding carboxylic acids is 1. The highest BCUT2D eigenvalue weighted by atomic mass is 16.7. The first-order valence-electron chi connectivity index (χ1n) is 10.6. The maximum absolute atomic E-state index is 13.1. The summed E-state index contributed by atoms with van der Waals surface area (Å²) in [4.78, 5) is 15.1. The molecule has 1 atom stereocenters. The highest BCUT2D eigenvalue weighted by molar-refractivity contribution is 5.94. The lowest BCUT2D eigenvalue weighted by Crippen LogP contribution is -2.38. The monoisotopic (exact) mass is 396 g/mol. The number of likely N-dealkylation sites (tertiary alicyclic amines) is 1. The van der Waals surface area contributed by atoms with Crippen LogP contribution in [-0.4, -0.2) is 46.5 Å². The Morgan fingerprint density at radius 2 is 2.03 bits per heavy atom. The number of aromatic nitrogens is 2. The molecule has 2 aliphatic heterocycles. The predicted octanol–water partition coefficient (Wildman–Crippen LogP) is 2.42. The third-order valence-electron chi connectivity index (χ3n) is 6.33. The fraction of sp³-hybridized carbons (Fsp3) is 0.545. The van der Waals surface area contributed by atoms with Gasteiger partial charge in [-0.1, -0.05) is 6.07 Å². The smallest absolute Gasteiger partial charge is 0.274 e. The number of aryl methyl sites for hydroxylation is 1. The molecule has 0 spiro atoms. The normalized spacial score (nSPS) is 20.6. The van der Waals surface area contributed by atoms with Crippen LogP contribution in [0.5, 0.6) is 11.5 Å². The maximum atomic E-state index is 13.1. The van der Waals surface area contributed by atoms with E-state index in [1.165, 1.54) is 17.7 Å². The lowest BCUT2D eigenvalue weighted by Gasteiger charge is -2.27. The Morgan fingerprint density at radius 3 is 2.90 bits per heavy atom. The second kappa shape index (κ2) is 7.71. The zero-order valence-electron chi connectivity index (χ0n) is 16.9. The molecule has 2 aromatic rings. The molecule has 1 aliphatic carbocycles. The lowest BCUT2D eigenvalue weighted by molar-refractivity contribution is 0.0716. The van der Waals surface area contributed by atoms with Crippen LogP contribution in [0.15, 0.2) is 18.2 Å². The van der Waals surface area contributed by atoms with E-state index < -0.39 is 0 Å². The van der Waals surface area contributed by atoms with Crippen molar-refractivity contribution < 1.29 is 14.3 Å². The largest absolute Gasteiger partial charge is 0.454 e. The first-order valence-corrected chi connectivity index (χ1v) is 10.6. The van der Waals surface area contributed by atoms with Crippen LogP contribution in [0.25, 0.3) is 0 Å². The second-order valence-electron chi connectivity index (χ2n) is 8.26. The predicted molar refractivity (Wildman–Crippen MR) is 108 cm³/mol. The average molecular weight is 396 g/mol. The van der Waals surface area contributed by atoms with Gasteiger partial charge >= 0.3 is 0 Å². The molecule has 7 nitrogen and oxygen atoms in total. The quantitative estimate of drug-likeness (QED) is 0.860. The van der Waals surface area contributed by atoms with Gasteiger partial charge < -0.3 is 19.7 Å². The van der Waals surface area contributed by atoms with Gasteiger partial charge in [0.1, 0.15) is 0 Å². The molecule has 1 N–H and O–H groups in total. The minimum absolute atomic E-state index is 0.109. The molecule has 3 heterocycles. The number of benzene rings is 1. The number of rotatable bonds is 4. The van der Waals surface area contributed by atoms with Gasteiger partial charge in [-0.05, 0) is 56.2 Å². The fourth-order valence-corrected chi connectivity index (χ4v) is 4.70. The molecule has 0 saturated carbocycles. The Hall–Kier alpha value is -2.54. The topological polar surface area (TPSA) is 68.6 Å². The third-order valence-corrected chi connectivity index (χ3v) is 6.33.